The number of hydrogen-bond acceptors (Lipinski definition) is 3. The van der Waals surface area contributed by atoms with Crippen LogP contribution in [-0.2, 0) is 0 Å². The highest BCUT2D eigenvalue weighted by atomic mass is 19.1. The summed E-state index contributed by atoms with van der Waals surface area (Å²) >= 11 is 0. The minimum Gasteiger partial charge on any atom is -0.440 e. The number of halogens is 1. The van der Waals surface area contributed by atoms with Gasteiger partial charge in [0.25, 0.3) is 5.91 Å². The topological polar surface area (TPSA) is 46.3 Å². The van der Waals surface area contributed by atoms with E-state index < -0.39 is 0 Å². The van der Waals surface area contributed by atoms with Crippen molar-refractivity contribution in [2.45, 2.75) is 31.1 Å². The standard InChI is InChI=1S/C21H19FN2O2/c22-17-4-2-1-3-16(17)15-9-10-24(12-15)21(25)14-7-8-18-19(11-14)26-20(23-18)13-5-6-13/h1-4,7-8,11,13,15H,5-6,9-10,12H2/t15-/m1/s1. The number of nitrogens with zero attached hydrogens (tertiary/aromatic N) is 2. The van der Waals surface area contributed by atoms with Crippen molar-refractivity contribution in [3.8, 4) is 0 Å². The number of aromatic nitrogens is 1. The van der Waals surface area contributed by atoms with Gasteiger partial charge in [0.05, 0.1) is 0 Å². The van der Waals surface area contributed by atoms with Crippen molar-refractivity contribution >= 4 is 17.0 Å². The maximum Gasteiger partial charge on any atom is 0.254 e. The van der Waals surface area contributed by atoms with E-state index in [1.54, 1.807) is 23.1 Å². The summed E-state index contributed by atoms with van der Waals surface area (Å²) in [6, 6.07) is 12.3. The van der Waals surface area contributed by atoms with Crippen molar-refractivity contribution in [3.05, 3.63) is 65.3 Å². The number of carbonyl (C=O) groups excluding carboxylic acids is 1. The summed E-state index contributed by atoms with van der Waals surface area (Å²) in [6.07, 6.45) is 3.04. The Balaban J connectivity index is 1.36. The smallest absolute Gasteiger partial charge is 0.254 e. The number of carbonyl (C=O) groups is 1. The highest BCUT2D eigenvalue weighted by Crippen LogP contribution is 2.40. The molecule has 3 aromatic rings. The van der Waals surface area contributed by atoms with E-state index in [2.05, 4.69) is 4.98 Å². The molecule has 5 rings (SSSR count). The van der Waals surface area contributed by atoms with Crippen molar-refractivity contribution < 1.29 is 13.6 Å². The van der Waals surface area contributed by atoms with Crippen LogP contribution >= 0.6 is 0 Å². The molecule has 1 aromatic heterocycles. The average molecular weight is 350 g/mol. The van der Waals surface area contributed by atoms with Crippen LogP contribution in [0.5, 0.6) is 0 Å². The number of fused-ring (bicyclic) bond motifs is 1. The lowest BCUT2D eigenvalue weighted by Crippen LogP contribution is -2.28. The Labute approximate surface area is 150 Å². The second-order valence-electron chi connectivity index (χ2n) is 7.27. The molecule has 0 radical (unpaired) electrons. The maximum atomic E-state index is 14.0. The fourth-order valence-electron chi connectivity index (χ4n) is 3.77. The van der Waals surface area contributed by atoms with E-state index in [1.165, 1.54) is 6.07 Å². The van der Waals surface area contributed by atoms with E-state index in [-0.39, 0.29) is 17.6 Å². The summed E-state index contributed by atoms with van der Waals surface area (Å²) < 4.78 is 19.8. The Morgan fingerprint density at radius 1 is 1.12 bits per heavy atom. The van der Waals surface area contributed by atoms with Crippen LogP contribution in [0.3, 0.4) is 0 Å². The number of likely N-dealkylation sites (tertiary alicyclic amines) is 1. The Hall–Kier alpha value is -2.69. The van der Waals surface area contributed by atoms with E-state index in [0.29, 0.717) is 35.7 Å². The van der Waals surface area contributed by atoms with Gasteiger partial charge < -0.3 is 9.32 Å². The number of amides is 1. The highest BCUT2D eigenvalue weighted by Gasteiger charge is 2.31. The van der Waals surface area contributed by atoms with E-state index in [9.17, 15) is 9.18 Å². The maximum absolute atomic E-state index is 14.0. The second-order valence-corrected chi connectivity index (χ2v) is 7.27. The highest BCUT2D eigenvalue weighted by molar-refractivity contribution is 5.97. The predicted octanol–water partition coefficient (Wildman–Crippen LogP) is 4.47. The second kappa shape index (κ2) is 5.94. The molecule has 0 bridgehead atoms. The van der Waals surface area contributed by atoms with Gasteiger partial charge in [0.2, 0.25) is 0 Å². The molecule has 1 amide bonds. The molecule has 2 fully saturated rings. The molecule has 0 N–H and O–H groups in total. The van der Waals surface area contributed by atoms with E-state index in [4.69, 9.17) is 4.42 Å². The molecule has 4 nitrogen and oxygen atoms in total. The third-order valence-corrected chi connectivity index (χ3v) is 5.40. The minimum absolute atomic E-state index is 0.0323. The number of benzene rings is 2. The molecule has 2 heterocycles. The van der Waals surface area contributed by atoms with E-state index >= 15 is 0 Å². The summed E-state index contributed by atoms with van der Waals surface area (Å²) in [5.41, 5.74) is 2.77. The summed E-state index contributed by atoms with van der Waals surface area (Å²) in [4.78, 5) is 19.2. The fourth-order valence-corrected chi connectivity index (χ4v) is 3.77. The molecular formula is C21H19FN2O2. The number of rotatable bonds is 3. The molecular weight excluding hydrogens is 331 g/mol. The molecule has 1 aliphatic heterocycles. The zero-order valence-corrected chi connectivity index (χ0v) is 14.3. The molecule has 1 saturated heterocycles. The van der Waals surface area contributed by atoms with Gasteiger partial charge in [-0.1, -0.05) is 18.2 Å². The van der Waals surface area contributed by atoms with Gasteiger partial charge in [-0.2, -0.15) is 0 Å². The van der Waals surface area contributed by atoms with E-state index in [0.717, 1.165) is 30.7 Å². The molecule has 0 unspecified atom stereocenters. The molecule has 1 saturated carbocycles. The number of hydrogen-bond donors (Lipinski definition) is 0. The molecule has 1 aliphatic carbocycles. The van der Waals surface area contributed by atoms with Crippen molar-refractivity contribution in [3.63, 3.8) is 0 Å². The third-order valence-electron chi connectivity index (χ3n) is 5.40. The number of oxazole rings is 1. The molecule has 26 heavy (non-hydrogen) atoms. The van der Waals surface area contributed by atoms with Crippen LogP contribution in [0.15, 0.2) is 46.9 Å². The Bertz CT molecular complexity index is 993. The first kappa shape index (κ1) is 15.6. The minimum atomic E-state index is -0.192. The molecule has 132 valence electrons. The Morgan fingerprint density at radius 3 is 2.77 bits per heavy atom. The first-order valence-electron chi connectivity index (χ1n) is 9.13. The summed E-state index contributed by atoms with van der Waals surface area (Å²) in [5, 5.41) is 0. The van der Waals surface area contributed by atoms with Crippen molar-refractivity contribution in [1.29, 1.82) is 0 Å². The monoisotopic (exact) mass is 350 g/mol. The molecule has 0 spiro atoms. The zero-order valence-electron chi connectivity index (χ0n) is 14.3. The largest absolute Gasteiger partial charge is 0.440 e. The van der Waals surface area contributed by atoms with Gasteiger partial charge in [0.15, 0.2) is 11.5 Å². The van der Waals surface area contributed by atoms with Gasteiger partial charge in [-0.25, -0.2) is 9.37 Å². The van der Waals surface area contributed by atoms with Crippen LogP contribution in [0.4, 0.5) is 4.39 Å². The fraction of sp³-hybridized carbons (Fsp3) is 0.333. The van der Waals surface area contributed by atoms with Crippen LogP contribution in [-0.4, -0.2) is 28.9 Å². The van der Waals surface area contributed by atoms with Gasteiger partial charge in [0, 0.05) is 30.5 Å². The lowest BCUT2D eigenvalue weighted by Gasteiger charge is -2.17. The SMILES string of the molecule is O=C(c1ccc2nc(C3CC3)oc2c1)N1CC[C@@H](c2ccccc2F)C1. The lowest BCUT2D eigenvalue weighted by atomic mass is 9.98. The van der Waals surface area contributed by atoms with Crippen LogP contribution in [0.2, 0.25) is 0 Å². The van der Waals surface area contributed by atoms with Crippen molar-refractivity contribution in [2.75, 3.05) is 13.1 Å². The molecule has 2 aliphatic rings. The Morgan fingerprint density at radius 2 is 1.96 bits per heavy atom. The average Bonchev–Trinajstić information content (AvgIpc) is 3.24. The Kier molecular flexibility index (Phi) is 3.55. The summed E-state index contributed by atoms with van der Waals surface area (Å²) in [7, 11) is 0. The zero-order chi connectivity index (χ0) is 17.7. The normalized spacial score (nSPS) is 20.0. The van der Waals surface area contributed by atoms with Gasteiger partial charge in [-0.3, -0.25) is 4.79 Å². The predicted molar refractivity (Wildman–Crippen MR) is 95.6 cm³/mol. The summed E-state index contributed by atoms with van der Waals surface area (Å²) in [5.74, 6) is 1.06. The van der Waals surface area contributed by atoms with Gasteiger partial charge in [0.1, 0.15) is 11.3 Å². The third kappa shape index (κ3) is 2.68. The van der Waals surface area contributed by atoms with Crippen LogP contribution in [0.25, 0.3) is 11.1 Å². The van der Waals surface area contributed by atoms with Gasteiger partial charge in [-0.15, -0.1) is 0 Å². The first-order chi connectivity index (χ1) is 12.7. The van der Waals surface area contributed by atoms with Crippen molar-refractivity contribution in [2.24, 2.45) is 0 Å². The molecule has 5 heteroatoms. The van der Waals surface area contributed by atoms with Crippen LogP contribution < -0.4 is 0 Å². The van der Waals surface area contributed by atoms with Gasteiger partial charge >= 0.3 is 0 Å². The van der Waals surface area contributed by atoms with Gasteiger partial charge in [-0.05, 0) is 49.1 Å². The lowest BCUT2D eigenvalue weighted by molar-refractivity contribution is 0.0790. The van der Waals surface area contributed by atoms with Crippen molar-refractivity contribution in [1.82, 2.24) is 9.88 Å². The summed E-state index contributed by atoms with van der Waals surface area (Å²) in [6.45, 7) is 1.18. The first-order valence-corrected chi connectivity index (χ1v) is 9.13. The van der Waals surface area contributed by atoms with E-state index in [1.807, 2.05) is 18.2 Å². The van der Waals surface area contributed by atoms with Crippen LogP contribution in [0.1, 0.15) is 52.9 Å². The quantitative estimate of drug-likeness (QED) is 0.700. The molecule has 1 atom stereocenters. The molecule has 2 aromatic carbocycles. The van der Waals surface area contributed by atoms with Crippen LogP contribution in [0, 0.1) is 5.82 Å².